The molecule has 0 aromatic heterocycles. The van der Waals surface area contributed by atoms with Crippen molar-refractivity contribution >= 4 is 15.9 Å². The number of halogens is 1. The van der Waals surface area contributed by atoms with Crippen molar-refractivity contribution in [3.05, 3.63) is 0 Å². The van der Waals surface area contributed by atoms with Crippen molar-refractivity contribution < 1.29 is 0 Å². The molecule has 0 aromatic rings. The predicted molar refractivity (Wildman–Crippen MR) is 54.4 cm³/mol. The topological polar surface area (TPSA) is 0 Å². The summed E-state index contributed by atoms with van der Waals surface area (Å²) in [6, 6.07) is 0. The van der Waals surface area contributed by atoms with Crippen LogP contribution >= 0.6 is 15.9 Å². The first-order valence-electron chi connectivity index (χ1n) is 5.38. The molecule has 0 N–H and O–H groups in total. The Kier molecular flexibility index (Phi) is 1.38. The van der Waals surface area contributed by atoms with Gasteiger partial charge in [0, 0.05) is 4.32 Å². The van der Waals surface area contributed by atoms with Crippen molar-refractivity contribution in [3.8, 4) is 0 Å². The average molecular weight is 229 g/mol. The summed E-state index contributed by atoms with van der Waals surface area (Å²) in [5, 5.41) is 0. The zero-order valence-electron chi connectivity index (χ0n) is 7.78. The number of hydrogen-bond acceptors (Lipinski definition) is 0. The Hall–Kier alpha value is 0.480. The van der Waals surface area contributed by atoms with Crippen LogP contribution in [0.2, 0.25) is 0 Å². The van der Waals surface area contributed by atoms with Crippen LogP contribution < -0.4 is 0 Å². The van der Waals surface area contributed by atoms with E-state index >= 15 is 0 Å². The molecular formula is C11H17Br. The molecule has 0 bridgehead atoms. The van der Waals surface area contributed by atoms with Gasteiger partial charge in [-0.1, -0.05) is 35.2 Å². The van der Waals surface area contributed by atoms with Gasteiger partial charge in [0.1, 0.15) is 0 Å². The molecule has 3 aliphatic rings. The zero-order chi connectivity index (χ0) is 8.40. The minimum atomic E-state index is 0.551. The van der Waals surface area contributed by atoms with E-state index in [2.05, 4.69) is 22.9 Å². The third-order valence-electron chi connectivity index (χ3n) is 4.80. The van der Waals surface area contributed by atoms with Crippen LogP contribution in [0.4, 0.5) is 0 Å². The molecule has 0 aromatic carbocycles. The maximum absolute atomic E-state index is 3.95. The third kappa shape index (κ3) is 0.708. The van der Waals surface area contributed by atoms with Crippen molar-refractivity contribution in [1.82, 2.24) is 0 Å². The molecule has 0 aliphatic heterocycles. The van der Waals surface area contributed by atoms with Gasteiger partial charge in [-0.15, -0.1) is 0 Å². The highest BCUT2D eigenvalue weighted by molar-refractivity contribution is 9.10. The molecule has 4 unspecified atom stereocenters. The summed E-state index contributed by atoms with van der Waals surface area (Å²) in [6.07, 6.45) is 9.05. The second kappa shape index (κ2) is 2.10. The van der Waals surface area contributed by atoms with Gasteiger partial charge in [-0.05, 0) is 43.4 Å². The molecular weight excluding hydrogens is 212 g/mol. The van der Waals surface area contributed by atoms with Crippen molar-refractivity contribution in [2.75, 3.05) is 0 Å². The fraction of sp³-hybridized carbons (Fsp3) is 1.00. The summed E-state index contributed by atoms with van der Waals surface area (Å²) in [6.45, 7) is 2.43. The molecule has 1 heteroatoms. The molecule has 68 valence electrons. The first-order valence-corrected chi connectivity index (χ1v) is 6.18. The lowest BCUT2D eigenvalue weighted by Gasteiger charge is -2.04. The van der Waals surface area contributed by atoms with Gasteiger partial charge in [0.05, 0.1) is 0 Å². The van der Waals surface area contributed by atoms with Crippen LogP contribution in [0.5, 0.6) is 0 Å². The van der Waals surface area contributed by atoms with Crippen LogP contribution in [0, 0.1) is 17.3 Å². The fourth-order valence-corrected chi connectivity index (χ4v) is 5.24. The van der Waals surface area contributed by atoms with Gasteiger partial charge in [0.15, 0.2) is 0 Å². The van der Waals surface area contributed by atoms with Gasteiger partial charge in [-0.2, -0.15) is 0 Å². The van der Waals surface area contributed by atoms with E-state index in [-0.39, 0.29) is 0 Å². The lowest BCUT2D eigenvalue weighted by atomic mass is 10.0. The number of rotatable bonds is 0. The van der Waals surface area contributed by atoms with E-state index in [9.17, 15) is 0 Å². The molecule has 3 fully saturated rings. The highest BCUT2D eigenvalue weighted by Crippen LogP contribution is 2.85. The first kappa shape index (κ1) is 7.84. The Balaban J connectivity index is 1.84. The Morgan fingerprint density at radius 1 is 1.17 bits per heavy atom. The van der Waals surface area contributed by atoms with Crippen LogP contribution in [0.3, 0.4) is 0 Å². The maximum Gasteiger partial charge on any atom is 0.0325 e. The molecule has 1 spiro atoms. The lowest BCUT2D eigenvalue weighted by molar-refractivity contribution is 0.476. The normalized spacial score (nSPS) is 62.5. The molecule has 0 nitrogen and oxygen atoms in total. The van der Waals surface area contributed by atoms with Crippen molar-refractivity contribution in [2.24, 2.45) is 17.3 Å². The Bertz CT molecular complexity index is 221. The second-order valence-electron chi connectivity index (χ2n) is 5.21. The predicted octanol–water partition coefficient (Wildman–Crippen LogP) is 3.74. The quantitative estimate of drug-likeness (QED) is 0.555. The molecule has 0 heterocycles. The summed E-state index contributed by atoms with van der Waals surface area (Å²) >= 11 is 3.95. The van der Waals surface area contributed by atoms with E-state index in [1.807, 2.05) is 0 Å². The van der Waals surface area contributed by atoms with Crippen LogP contribution in [0.25, 0.3) is 0 Å². The number of hydrogen-bond donors (Lipinski definition) is 0. The highest BCUT2D eigenvalue weighted by atomic mass is 79.9. The monoisotopic (exact) mass is 228 g/mol. The summed E-state index contributed by atoms with van der Waals surface area (Å²) in [4.78, 5) is 0. The summed E-state index contributed by atoms with van der Waals surface area (Å²) in [5.41, 5.74) is 0.799. The third-order valence-corrected chi connectivity index (χ3v) is 6.09. The zero-order valence-corrected chi connectivity index (χ0v) is 9.36. The summed E-state index contributed by atoms with van der Waals surface area (Å²) < 4.78 is 0.551. The largest absolute Gasteiger partial charge is 0.0847 e. The first-order chi connectivity index (χ1) is 5.69. The van der Waals surface area contributed by atoms with Crippen molar-refractivity contribution in [1.29, 1.82) is 0 Å². The van der Waals surface area contributed by atoms with Crippen LogP contribution in [-0.4, -0.2) is 4.32 Å². The molecule has 0 radical (unpaired) electrons. The van der Waals surface area contributed by atoms with Gasteiger partial charge in [-0.25, -0.2) is 0 Å². The van der Waals surface area contributed by atoms with E-state index in [0.717, 1.165) is 17.3 Å². The van der Waals surface area contributed by atoms with E-state index in [1.165, 1.54) is 32.1 Å². The Morgan fingerprint density at radius 2 is 1.92 bits per heavy atom. The standard InChI is InChI=1S/C11H17Br/c1-10(12)9-6-4-2-3-5-8-7-11(8,9)10/h8-9H,2-7H2,1H3. The minimum Gasteiger partial charge on any atom is -0.0847 e. The van der Waals surface area contributed by atoms with E-state index in [0.29, 0.717) is 4.32 Å². The van der Waals surface area contributed by atoms with Gasteiger partial charge in [0.2, 0.25) is 0 Å². The SMILES string of the molecule is CC1(Br)C2CCCCCC3CC321. The fourth-order valence-electron chi connectivity index (χ4n) is 3.96. The molecule has 3 aliphatic carbocycles. The second-order valence-corrected chi connectivity index (χ2v) is 6.85. The van der Waals surface area contributed by atoms with E-state index in [4.69, 9.17) is 0 Å². The van der Waals surface area contributed by atoms with E-state index in [1.54, 1.807) is 6.42 Å². The lowest BCUT2D eigenvalue weighted by Crippen LogP contribution is -1.95. The molecule has 0 saturated heterocycles. The van der Waals surface area contributed by atoms with E-state index < -0.39 is 0 Å². The molecule has 3 rings (SSSR count). The smallest absolute Gasteiger partial charge is 0.0325 e. The minimum absolute atomic E-state index is 0.551. The van der Waals surface area contributed by atoms with Crippen LogP contribution in [0.1, 0.15) is 45.4 Å². The Labute approximate surface area is 83.2 Å². The highest BCUT2D eigenvalue weighted by Gasteiger charge is 2.82. The molecule has 12 heavy (non-hydrogen) atoms. The summed E-state index contributed by atoms with van der Waals surface area (Å²) in [7, 11) is 0. The average Bonchev–Trinajstić information content (AvgIpc) is 2.73. The van der Waals surface area contributed by atoms with Gasteiger partial charge >= 0.3 is 0 Å². The molecule has 0 amide bonds. The van der Waals surface area contributed by atoms with Gasteiger partial charge < -0.3 is 0 Å². The molecule has 3 saturated carbocycles. The van der Waals surface area contributed by atoms with Crippen molar-refractivity contribution in [2.45, 2.75) is 49.8 Å². The number of alkyl halides is 1. The Morgan fingerprint density at radius 3 is 2.75 bits per heavy atom. The summed E-state index contributed by atoms with van der Waals surface area (Å²) in [5.74, 6) is 2.14. The molecule has 4 atom stereocenters. The van der Waals surface area contributed by atoms with Gasteiger partial charge in [-0.3, -0.25) is 0 Å². The van der Waals surface area contributed by atoms with Gasteiger partial charge in [0.25, 0.3) is 0 Å². The maximum atomic E-state index is 3.95. The van der Waals surface area contributed by atoms with Crippen LogP contribution in [-0.2, 0) is 0 Å². The van der Waals surface area contributed by atoms with Crippen molar-refractivity contribution in [3.63, 3.8) is 0 Å². The van der Waals surface area contributed by atoms with Crippen LogP contribution in [0.15, 0.2) is 0 Å².